The maximum Gasteiger partial charge on any atom is 0.410 e. The molecule has 0 radical (unpaired) electrons. The summed E-state index contributed by atoms with van der Waals surface area (Å²) in [5, 5.41) is 3.14. The molecule has 1 aromatic carbocycles. The number of hydrogen-bond acceptors (Lipinski definition) is 3. The Labute approximate surface area is 121 Å². The molecule has 1 rings (SSSR count). The molecule has 0 fully saturated rings. The summed E-state index contributed by atoms with van der Waals surface area (Å²) < 4.78 is 5.33. The lowest BCUT2D eigenvalue weighted by Gasteiger charge is -2.25. The van der Waals surface area contributed by atoms with Crippen LogP contribution in [-0.2, 0) is 11.3 Å². The van der Waals surface area contributed by atoms with Crippen LogP contribution in [0.15, 0.2) is 24.3 Å². The third-order valence-electron chi connectivity index (χ3n) is 2.51. The van der Waals surface area contributed by atoms with Gasteiger partial charge in [0.05, 0.1) is 13.1 Å². The molecule has 0 aliphatic heterocycles. The van der Waals surface area contributed by atoms with Crippen LogP contribution in [0.4, 0.5) is 10.5 Å². The normalized spacial score (nSPS) is 10.6. The molecule has 0 atom stereocenters. The number of nitrogens with zero attached hydrogens (tertiary/aromatic N) is 1. The van der Waals surface area contributed by atoms with E-state index in [2.05, 4.69) is 11.2 Å². The molecule has 4 heteroatoms. The highest BCUT2D eigenvalue weighted by Gasteiger charge is 2.20. The van der Waals surface area contributed by atoms with Crippen molar-refractivity contribution in [3.8, 4) is 12.3 Å². The average Bonchev–Trinajstić information content (AvgIpc) is 2.35. The highest BCUT2D eigenvalue weighted by atomic mass is 16.6. The number of ether oxygens (including phenoxy) is 1. The molecule has 108 valence electrons. The van der Waals surface area contributed by atoms with Gasteiger partial charge in [-0.15, -0.1) is 6.42 Å². The van der Waals surface area contributed by atoms with Crippen LogP contribution in [0.3, 0.4) is 0 Å². The quantitative estimate of drug-likeness (QED) is 0.858. The number of para-hydroxylation sites is 1. The SMILES string of the molecule is C#CCNc1ccccc1CN(C)C(=O)OC(C)(C)C. The van der Waals surface area contributed by atoms with Gasteiger partial charge in [0, 0.05) is 12.7 Å². The third-order valence-corrected chi connectivity index (χ3v) is 2.51. The van der Waals surface area contributed by atoms with Crippen molar-refractivity contribution < 1.29 is 9.53 Å². The molecular formula is C16H22N2O2. The summed E-state index contributed by atoms with van der Waals surface area (Å²) in [6.45, 7) is 6.46. The van der Waals surface area contributed by atoms with Gasteiger partial charge in [0.1, 0.15) is 5.60 Å². The summed E-state index contributed by atoms with van der Waals surface area (Å²) in [6, 6.07) is 7.75. The molecule has 4 nitrogen and oxygen atoms in total. The van der Waals surface area contributed by atoms with E-state index in [0.717, 1.165) is 11.3 Å². The Kier molecular flexibility index (Phi) is 5.45. The molecule has 1 N–H and O–H groups in total. The lowest BCUT2D eigenvalue weighted by molar-refractivity contribution is 0.0285. The second-order valence-electron chi connectivity index (χ2n) is 5.55. The highest BCUT2D eigenvalue weighted by Crippen LogP contribution is 2.18. The third kappa shape index (κ3) is 5.23. The Hall–Kier alpha value is -2.15. The van der Waals surface area contributed by atoms with Crippen LogP contribution in [0.2, 0.25) is 0 Å². The van der Waals surface area contributed by atoms with Crippen LogP contribution in [-0.4, -0.2) is 30.2 Å². The first kappa shape index (κ1) is 15.9. The van der Waals surface area contributed by atoms with Gasteiger partial charge in [-0.05, 0) is 32.4 Å². The summed E-state index contributed by atoms with van der Waals surface area (Å²) in [5.74, 6) is 2.53. The monoisotopic (exact) mass is 274 g/mol. The van der Waals surface area contributed by atoms with Crippen LogP contribution in [0.1, 0.15) is 26.3 Å². The number of carbonyl (C=O) groups is 1. The van der Waals surface area contributed by atoms with Crippen molar-refractivity contribution in [3.63, 3.8) is 0 Å². The van der Waals surface area contributed by atoms with Gasteiger partial charge in [-0.2, -0.15) is 0 Å². The summed E-state index contributed by atoms with van der Waals surface area (Å²) in [4.78, 5) is 13.5. The van der Waals surface area contributed by atoms with Gasteiger partial charge < -0.3 is 15.0 Å². The number of rotatable bonds is 4. The second-order valence-corrected chi connectivity index (χ2v) is 5.55. The number of carbonyl (C=O) groups excluding carboxylic acids is 1. The Morgan fingerprint density at radius 2 is 2.05 bits per heavy atom. The van der Waals surface area contributed by atoms with Crippen LogP contribution >= 0.6 is 0 Å². The molecule has 0 saturated heterocycles. The minimum absolute atomic E-state index is 0.343. The summed E-state index contributed by atoms with van der Waals surface area (Å²) in [6.07, 6.45) is 4.90. The molecule has 0 saturated carbocycles. The summed E-state index contributed by atoms with van der Waals surface area (Å²) in [5.41, 5.74) is 1.43. The zero-order valence-electron chi connectivity index (χ0n) is 12.6. The van der Waals surface area contributed by atoms with Crippen molar-refractivity contribution >= 4 is 11.8 Å². The highest BCUT2D eigenvalue weighted by molar-refractivity contribution is 5.68. The molecule has 0 aromatic heterocycles. The molecule has 0 bridgehead atoms. The van der Waals surface area contributed by atoms with E-state index in [1.165, 1.54) is 0 Å². The van der Waals surface area contributed by atoms with E-state index >= 15 is 0 Å². The van der Waals surface area contributed by atoms with E-state index in [9.17, 15) is 4.79 Å². The summed E-state index contributed by atoms with van der Waals surface area (Å²) in [7, 11) is 1.71. The number of amides is 1. The number of nitrogens with one attached hydrogen (secondary N) is 1. The molecule has 1 amide bonds. The van der Waals surface area contributed by atoms with Gasteiger partial charge in [-0.3, -0.25) is 0 Å². The van der Waals surface area contributed by atoms with E-state index in [-0.39, 0.29) is 6.09 Å². The van der Waals surface area contributed by atoms with Crippen LogP contribution in [0.5, 0.6) is 0 Å². The maximum absolute atomic E-state index is 11.9. The van der Waals surface area contributed by atoms with Crippen molar-refractivity contribution in [2.45, 2.75) is 32.9 Å². The fraction of sp³-hybridized carbons (Fsp3) is 0.438. The predicted molar refractivity (Wildman–Crippen MR) is 81.5 cm³/mol. The molecule has 0 spiro atoms. The molecule has 0 aliphatic rings. The lowest BCUT2D eigenvalue weighted by atomic mass is 10.1. The number of benzene rings is 1. The Morgan fingerprint density at radius 3 is 2.65 bits per heavy atom. The molecule has 0 unspecified atom stereocenters. The van der Waals surface area contributed by atoms with Crippen molar-refractivity contribution in [1.82, 2.24) is 4.90 Å². The molecule has 0 aliphatic carbocycles. The molecular weight excluding hydrogens is 252 g/mol. The number of hydrogen-bond donors (Lipinski definition) is 1. The van der Waals surface area contributed by atoms with Gasteiger partial charge in [0.25, 0.3) is 0 Å². The topological polar surface area (TPSA) is 41.6 Å². The van der Waals surface area contributed by atoms with E-state index in [4.69, 9.17) is 11.2 Å². The van der Waals surface area contributed by atoms with Gasteiger partial charge in [-0.25, -0.2) is 4.79 Å². The van der Waals surface area contributed by atoms with Crippen LogP contribution < -0.4 is 5.32 Å². The van der Waals surface area contributed by atoms with Crippen LogP contribution in [0.25, 0.3) is 0 Å². The minimum atomic E-state index is -0.493. The maximum atomic E-state index is 11.9. The largest absolute Gasteiger partial charge is 0.444 e. The Balaban J connectivity index is 2.73. The van der Waals surface area contributed by atoms with E-state index in [0.29, 0.717) is 13.1 Å². The van der Waals surface area contributed by atoms with E-state index in [1.807, 2.05) is 45.0 Å². The van der Waals surface area contributed by atoms with Crippen molar-refractivity contribution in [2.24, 2.45) is 0 Å². The Morgan fingerprint density at radius 1 is 1.40 bits per heavy atom. The standard InChI is InChI=1S/C16H22N2O2/c1-6-11-17-14-10-8-7-9-13(14)12-18(5)15(19)20-16(2,3)4/h1,7-10,17H,11-12H2,2-5H3. The van der Waals surface area contributed by atoms with Gasteiger partial charge in [-0.1, -0.05) is 24.1 Å². The first-order valence-electron chi connectivity index (χ1n) is 6.53. The average molecular weight is 274 g/mol. The van der Waals surface area contributed by atoms with Crippen molar-refractivity contribution in [2.75, 3.05) is 18.9 Å². The number of anilines is 1. The van der Waals surface area contributed by atoms with E-state index < -0.39 is 5.60 Å². The molecule has 1 aromatic rings. The zero-order valence-corrected chi connectivity index (χ0v) is 12.6. The van der Waals surface area contributed by atoms with Crippen LogP contribution in [0, 0.1) is 12.3 Å². The molecule has 20 heavy (non-hydrogen) atoms. The second kappa shape index (κ2) is 6.85. The molecule has 0 heterocycles. The predicted octanol–water partition coefficient (Wildman–Crippen LogP) is 3.10. The van der Waals surface area contributed by atoms with Crippen molar-refractivity contribution in [1.29, 1.82) is 0 Å². The fourth-order valence-corrected chi connectivity index (χ4v) is 1.64. The lowest BCUT2D eigenvalue weighted by Crippen LogP contribution is -2.34. The first-order chi connectivity index (χ1) is 9.33. The van der Waals surface area contributed by atoms with Gasteiger partial charge in [0.2, 0.25) is 0 Å². The fourth-order valence-electron chi connectivity index (χ4n) is 1.64. The minimum Gasteiger partial charge on any atom is -0.444 e. The van der Waals surface area contributed by atoms with Gasteiger partial charge in [0.15, 0.2) is 0 Å². The Bertz CT molecular complexity index is 498. The summed E-state index contributed by atoms with van der Waals surface area (Å²) >= 11 is 0. The number of terminal acetylenes is 1. The first-order valence-corrected chi connectivity index (χ1v) is 6.53. The van der Waals surface area contributed by atoms with Gasteiger partial charge >= 0.3 is 6.09 Å². The smallest absolute Gasteiger partial charge is 0.410 e. The van der Waals surface area contributed by atoms with E-state index in [1.54, 1.807) is 11.9 Å². The van der Waals surface area contributed by atoms with Crippen molar-refractivity contribution in [3.05, 3.63) is 29.8 Å². The zero-order chi connectivity index (χ0) is 15.2.